The van der Waals surface area contributed by atoms with Gasteiger partial charge in [-0.15, -0.1) is 0 Å². The summed E-state index contributed by atoms with van der Waals surface area (Å²) >= 11 is 0. The van der Waals surface area contributed by atoms with Gasteiger partial charge in [0.05, 0.1) is 5.84 Å². The van der Waals surface area contributed by atoms with Gasteiger partial charge in [0.15, 0.2) is 0 Å². The molecule has 0 aliphatic carbocycles. The third-order valence-corrected chi connectivity index (χ3v) is 3.05. The van der Waals surface area contributed by atoms with Gasteiger partial charge in [-0.3, -0.25) is 5.41 Å². The first-order valence-corrected chi connectivity index (χ1v) is 7.10. The molecule has 0 aliphatic rings. The van der Waals surface area contributed by atoms with E-state index in [4.69, 9.17) is 11.1 Å². The van der Waals surface area contributed by atoms with E-state index < -0.39 is 0 Å². The summed E-state index contributed by atoms with van der Waals surface area (Å²) in [6, 6.07) is 0. The molecule has 0 saturated carbocycles. The van der Waals surface area contributed by atoms with Gasteiger partial charge in [0, 0.05) is 6.42 Å². The highest BCUT2D eigenvalue weighted by Gasteiger charge is 1.93. The van der Waals surface area contributed by atoms with Crippen molar-refractivity contribution in [3.8, 4) is 0 Å². The van der Waals surface area contributed by atoms with Crippen molar-refractivity contribution in [1.82, 2.24) is 0 Å². The fourth-order valence-corrected chi connectivity index (χ4v) is 1.98. The molecule has 0 saturated heterocycles. The zero-order valence-corrected chi connectivity index (χ0v) is 11.1. The largest absolute Gasteiger partial charge is 0.388 e. The van der Waals surface area contributed by atoms with Crippen LogP contribution in [-0.2, 0) is 0 Å². The number of amidine groups is 1. The summed E-state index contributed by atoms with van der Waals surface area (Å²) in [6.45, 7) is 2.26. The van der Waals surface area contributed by atoms with Crippen LogP contribution < -0.4 is 5.73 Å². The molecule has 0 aromatic heterocycles. The van der Waals surface area contributed by atoms with Gasteiger partial charge >= 0.3 is 0 Å². The van der Waals surface area contributed by atoms with E-state index in [1.165, 1.54) is 64.2 Å². The number of nitrogens with one attached hydrogen (secondary N) is 1. The van der Waals surface area contributed by atoms with E-state index in [9.17, 15) is 0 Å². The maximum Gasteiger partial charge on any atom is 0.0905 e. The minimum Gasteiger partial charge on any atom is -0.388 e. The highest BCUT2D eigenvalue weighted by Crippen LogP contribution is 2.11. The van der Waals surface area contributed by atoms with Crippen molar-refractivity contribution < 1.29 is 0 Å². The summed E-state index contributed by atoms with van der Waals surface area (Å²) in [4.78, 5) is 0. The molecule has 0 heterocycles. The number of rotatable bonds is 12. The Bertz CT molecular complexity index is 155. The molecule has 16 heavy (non-hydrogen) atoms. The Morgan fingerprint density at radius 3 is 1.50 bits per heavy atom. The van der Waals surface area contributed by atoms with Gasteiger partial charge in [-0.2, -0.15) is 0 Å². The van der Waals surface area contributed by atoms with Crippen LogP contribution in [-0.4, -0.2) is 5.84 Å². The van der Waals surface area contributed by atoms with E-state index in [1.807, 2.05) is 0 Å². The van der Waals surface area contributed by atoms with E-state index in [-0.39, 0.29) is 0 Å². The zero-order valence-electron chi connectivity index (χ0n) is 11.1. The van der Waals surface area contributed by atoms with Crippen molar-refractivity contribution in [3.05, 3.63) is 0 Å². The zero-order chi connectivity index (χ0) is 12.1. The molecule has 0 aromatic rings. The quantitative estimate of drug-likeness (QED) is 0.285. The average molecular weight is 226 g/mol. The lowest BCUT2D eigenvalue weighted by Crippen LogP contribution is -2.08. The number of hydrogen-bond donors (Lipinski definition) is 2. The lowest BCUT2D eigenvalue weighted by atomic mass is 10.1. The van der Waals surface area contributed by atoms with Crippen LogP contribution in [0.1, 0.15) is 84.0 Å². The Hall–Kier alpha value is -0.530. The van der Waals surface area contributed by atoms with Gasteiger partial charge in [-0.05, 0) is 6.42 Å². The lowest BCUT2D eigenvalue weighted by Gasteiger charge is -2.02. The predicted molar refractivity (Wildman–Crippen MR) is 73.0 cm³/mol. The monoisotopic (exact) mass is 226 g/mol. The lowest BCUT2D eigenvalue weighted by molar-refractivity contribution is 0.551. The summed E-state index contributed by atoms with van der Waals surface area (Å²) < 4.78 is 0. The highest BCUT2D eigenvalue weighted by atomic mass is 14.7. The third kappa shape index (κ3) is 13.5. The standard InChI is InChI=1S/C14H30N2/c1-2-3-4-5-6-7-8-9-10-11-12-13-14(15)16/h2-13H2,1H3,(H3,15,16). The van der Waals surface area contributed by atoms with Gasteiger partial charge in [0.1, 0.15) is 0 Å². The smallest absolute Gasteiger partial charge is 0.0905 e. The maximum absolute atomic E-state index is 7.10. The fourth-order valence-electron chi connectivity index (χ4n) is 1.98. The second-order valence-corrected chi connectivity index (χ2v) is 4.81. The third-order valence-electron chi connectivity index (χ3n) is 3.05. The topological polar surface area (TPSA) is 49.9 Å². The Labute approximate surface area is 102 Å². The van der Waals surface area contributed by atoms with E-state index in [0.29, 0.717) is 5.84 Å². The first kappa shape index (κ1) is 15.5. The average Bonchev–Trinajstić information content (AvgIpc) is 2.25. The molecular formula is C14H30N2. The summed E-state index contributed by atoms with van der Waals surface area (Å²) in [7, 11) is 0. The van der Waals surface area contributed by atoms with E-state index >= 15 is 0 Å². The number of hydrogen-bond acceptors (Lipinski definition) is 1. The van der Waals surface area contributed by atoms with E-state index in [2.05, 4.69) is 6.92 Å². The van der Waals surface area contributed by atoms with Gasteiger partial charge in [0.25, 0.3) is 0 Å². The van der Waals surface area contributed by atoms with Crippen LogP contribution in [0.25, 0.3) is 0 Å². The van der Waals surface area contributed by atoms with Crippen LogP contribution in [0.3, 0.4) is 0 Å². The first-order chi connectivity index (χ1) is 7.77. The summed E-state index contributed by atoms with van der Waals surface area (Å²) in [6.07, 6.45) is 15.7. The van der Waals surface area contributed by atoms with Crippen molar-refractivity contribution >= 4 is 5.84 Å². The summed E-state index contributed by atoms with van der Waals surface area (Å²) in [5.74, 6) is 0.343. The van der Waals surface area contributed by atoms with E-state index in [0.717, 1.165) is 12.8 Å². The first-order valence-electron chi connectivity index (χ1n) is 7.10. The molecule has 0 rings (SSSR count). The molecule has 0 aromatic carbocycles. The minimum absolute atomic E-state index is 0.343. The van der Waals surface area contributed by atoms with Gasteiger partial charge in [-0.1, -0.05) is 71.1 Å². The molecular weight excluding hydrogens is 196 g/mol. The summed E-state index contributed by atoms with van der Waals surface area (Å²) in [5, 5.41) is 7.10. The van der Waals surface area contributed by atoms with Gasteiger partial charge in [0.2, 0.25) is 0 Å². The van der Waals surface area contributed by atoms with Crippen LogP contribution in [0.5, 0.6) is 0 Å². The van der Waals surface area contributed by atoms with Crippen LogP contribution >= 0.6 is 0 Å². The Morgan fingerprint density at radius 1 is 0.750 bits per heavy atom. The number of nitrogens with two attached hydrogens (primary N) is 1. The Morgan fingerprint density at radius 2 is 1.12 bits per heavy atom. The molecule has 96 valence electrons. The van der Waals surface area contributed by atoms with Crippen LogP contribution in [0.4, 0.5) is 0 Å². The highest BCUT2D eigenvalue weighted by molar-refractivity contribution is 5.76. The van der Waals surface area contributed by atoms with Crippen LogP contribution in [0.15, 0.2) is 0 Å². The molecule has 0 bridgehead atoms. The van der Waals surface area contributed by atoms with Crippen molar-refractivity contribution in [2.75, 3.05) is 0 Å². The molecule has 0 aliphatic heterocycles. The fraction of sp³-hybridized carbons (Fsp3) is 0.929. The minimum atomic E-state index is 0.343. The number of unbranched alkanes of at least 4 members (excludes halogenated alkanes) is 10. The SMILES string of the molecule is CCCCCCCCCCCCCC(=N)N. The molecule has 0 radical (unpaired) electrons. The molecule has 2 heteroatoms. The second kappa shape index (κ2) is 12.5. The molecule has 0 atom stereocenters. The molecule has 2 nitrogen and oxygen atoms in total. The van der Waals surface area contributed by atoms with Crippen LogP contribution in [0.2, 0.25) is 0 Å². The maximum atomic E-state index is 7.10. The van der Waals surface area contributed by atoms with Gasteiger partial charge < -0.3 is 5.73 Å². The molecule has 0 amide bonds. The van der Waals surface area contributed by atoms with E-state index in [1.54, 1.807) is 0 Å². The molecule has 0 spiro atoms. The van der Waals surface area contributed by atoms with Gasteiger partial charge in [-0.25, -0.2) is 0 Å². The predicted octanol–water partition coefficient (Wildman–Crippen LogP) is 4.62. The summed E-state index contributed by atoms with van der Waals surface area (Å²) in [5.41, 5.74) is 5.30. The van der Waals surface area contributed by atoms with Crippen LogP contribution in [0, 0.1) is 5.41 Å². The molecule has 0 unspecified atom stereocenters. The van der Waals surface area contributed by atoms with Crippen molar-refractivity contribution in [2.45, 2.75) is 84.0 Å². The van der Waals surface area contributed by atoms with Crippen molar-refractivity contribution in [1.29, 1.82) is 5.41 Å². The normalized spacial score (nSPS) is 10.6. The Kier molecular flexibility index (Phi) is 12.1. The Balaban J connectivity index is 2.90. The second-order valence-electron chi connectivity index (χ2n) is 4.81. The van der Waals surface area contributed by atoms with Crippen molar-refractivity contribution in [3.63, 3.8) is 0 Å². The van der Waals surface area contributed by atoms with Crippen molar-refractivity contribution in [2.24, 2.45) is 5.73 Å². The molecule has 0 fully saturated rings. The molecule has 3 N–H and O–H groups in total.